The van der Waals surface area contributed by atoms with E-state index < -0.39 is 5.60 Å². The van der Waals surface area contributed by atoms with Gasteiger partial charge in [-0.3, -0.25) is 4.79 Å². The number of carbonyl (C=O) groups excluding carboxylic acids is 2. The van der Waals surface area contributed by atoms with Gasteiger partial charge in [-0.2, -0.15) is 0 Å². The SMILES string of the molecule is C#CCCCOCCCN(CCN1CCC(NC(=O)c2ccc(N)c(OC)c2)CC1)C(=O)OC(C)(C)C. The highest BCUT2D eigenvalue weighted by Gasteiger charge is 2.25. The number of nitrogen functional groups attached to an aromatic ring is 1. The van der Waals surface area contributed by atoms with Gasteiger partial charge in [0.05, 0.1) is 12.8 Å². The van der Waals surface area contributed by atoms with E-state index in [1.165, 1.54) is 7.11 Å². The number of hydrogen-bond acceptors (Lipinski definition) is 7. The summed E-state index contributed by atoms with van der Waals surface area (Å²) in [7, 11) is 1.53. The van der Waals surface area contributed by atoms with E-state index in [4.69, 9.17) is 26.4 Å². The predicted molar refractivity (Wildman–Crippen MR) is 146 cm³/mol. The standard InChI is InChI=1S/C28H44N4O5/c1-6-7-8-19-36-20-9-14-32(27(34)37-28(2,3)4)18-17-31-15-12-23(13-16-31)30-26(33)22-10-11-24(29)25(21-22)35-5/h1,10-11,21,23H,7-9,12-20,29H2,2-5H3,(H,30,33). The summed E-state index contributed by atoms with van der Waals surface area (Å²) in [5.41, 5.74) is 6.33. The first kappa shape index (κ1) is 30.3. The topological polar surface area (TPSA) is 106 Å². The molecule has 206 valence electrons. The Morgan fingerprint density at radius 2 is 1.89 bits per heavy atom. The number of likely N-dealkylation sites (tertiary alicyclic amines) is 1. The van der Waals surface area contributed by atoms with Gasteiger partial charge in [0.2, 0.25) is 0 Å². The Hall–Kier alpha value is -2.96. The van der Waals surface area contributed by atoms with Crippen molar-refractivity contribution >= 4 is 17.7 Å². The maximum Gasteiger partial charge on any atom is 0.410 e. The van der Waals surface area contributed by atoms with Gasteiger partial charge in [0.1, 0.15) is 11.4 Å². The largest absolute Gasteiger partial charge is 0.495 e. The van der Waals surface area contributed by atoms with Crippen LogP contribution in [0.3, 0.4) is 0 Å². The van der Waals surface area contributed by atoms with Crippen molar-refractivity contribution in [2.75, 3.05) is 58.8 Å². The number of rotatable bonds is 13. The number of hydrogen-bond donors (Lipinski definition) is 2. The van der Waals surface area contributed by atoms with E-state index in [2.05, 4.69) is 16.1 Å². The molecule has 0 aromatic heterocycles. The van der Waals surface area contributed by atoms with Crippen LogP contribution in [0.2, 0.25) is 0 Å². The van der Waals surface area contributed by atoms with Gasteiger partial charge in [0.15, 0.2) is 0 Å². The Balaban J connectivity index is 1.79. The van der Waals surface area contributed by atoms with E-state index in [-0.39, 0.29) is 18.0 Å². The lowest BCUT2D eigenvalue weighted by molar-refractivity contribution is 0.0203. The number of unbranched alkanes of at least 4 members (excludes halogenated alkanes) is 1. The molecule has 1 saturated heterocycles. The Morgan fingerprint density at radius 3 is 2.54 bits per heavy atom. The molecule has 9 heteroatoms. The van der Waals surface area contributed by atoms with Gasteiger partial charge in [-0.15, -0.1) is 12.3 Å². The third-order valence-electron chi connectivity index (χ3n) is 6.08. The lowest BCUT2D eigenvalue weighted by atomic mass is 10.0. The van der Waals surface area contributed by atoms with Crippen LogP contribution in [0.25, 0.3) is 0 Å². The summed E-state index contributed by atoms with van der Waals surface area (Å²) in [4.78, 5) is 29.5. The van der Waals surface area contributed by atoms with Gasteiger partial charge >= 0.3 is 6.09 Å². The summed E-state index contributed by atoms with van der Waals surface area (Å²) in [6.07, 6.45) is 8.93. The molecule has 0 aliphatic carbocycles. The molecule has 3 N–H and O–H groups in total. The lowest BCUT2D eigenvalue weighted by Gasteiger charge is -2.34. The Bertz CT molecular complexity index is 901. The van der Waals surface area contributed by atoms with Crippen LogP contribution < -0.4 is 15.8 Å². The molecule has 0 spiro atoms. The summed E-state index contributed by atoms with van der Waals surface area (Å²) in [6.45, 7) is 10.4. The highest BCUT2D eigenvalue weighted by molar-refractivity contribution is 5.95. The number of anilines is 1. The highest BCUT2D eigenvalue weighted by atomic mass is 16.6. The quantitative estimate of drug-likeness (QED) is 0.235. The van der Waals surface area contributed by atoms with Crippen LogP contribution in [-0.2, 0) is 9.47 Å². The summed E-state index contributed by atoms with van der Waals surface area (Å²) < 4.78 is 16.5. The smallest absolute Gasteiger partial charge is 0.410 e. The van der Waals surface area contributed by atoms with Crippen LogP contribution in [0.15, 0.2) is 18.2 Å². The number of amides is 2. The van der Waals surface area contributed by atoms with E-state index in [1.54, 1.807) is 23.1 Å². The first-order valence-electron chi connectivity index (χ1n) is 13.1. The second kappa shape index (κ2) is 15.3. The van der Waals surface area contributed by atoms with E-state index in [0.717, 1.165) is 45.3 Å². The van der Waals surface area contributed by atoms with E-state index in [9.17, 15) is 9.59 Å². The molecule has 1 heterocycles. The fourth-order valence-electron chi connectivity index (χ4n) is 4.04. The fourth-order valence-corrected chi connectivity index (χ4v) is 4.04. The van der Waals surface area contributed by atoms with Crippen LogP contribution in [0.1, 0.15) is 63.2 Å². The van der Waals surface area contributed by atoms with Gasteiger partial charge in [0, 0.05) is 64.0 Å². The average molecular weight is 517 g/mol. The Labute approximate surface area is 222 Å². The minimum atomic E-state index is -0.550. The maximum atomic E-state index is 12.8. The minimum Gasteiger partial charge on any atom is -0.495 e. The Kier molecular flexibility index (Phi) is 12.5. The molecule has 1 aromatic rings. The molecule has 1 aromatic carbocycles. The second-order valence-corrected chi connectivity index (χ2v) is 10.3. The van der Waals surface area contributed by atoms with Crippen molar-refractivity contribution in [3.05, 3.63) is 23.8 Å². The van der Waals surface area contributed by atoms with Crippen LogP contribution >= 0.6 is 0 Å². The molecular formula is C28H44N4O5. The van der Waals surface area contributed by atoms with Crippen molar-refractivity contribution in [3.63, 3.8) is 0 Å². The first-order chi connectivity index (χ1) is 17.6. The van der Waals surface area contributed by atoms with Crippen LogP contribution in [0.5, 0.6) is 5.75 Å². The molecule has 1 fully saturated rings. The molecule has 0 unspecified atom stereocenters. The molecule has 0 radical (unpaired) electrons. The summed E-state index contributed by atoms with van der Waals surface area (Å²) in [6, 6.07) is 5.14. The first-order valence-corrected chi connectivity index (χ1v) is 13.1. The van der Waals surface area contributed by atoms with Gasteiger partial charge in [-0.25, -0.2) is 4.79 Å². The number of methoxy groups -OCH3 is 1. The van der Waals surface area contributed by atoms with Crippen molar-refractivity contribution in [3.8, 4) is 18.1 Å². The molecule has 1 aliphatic heterocycles. The molecule has 0 saturated carbocycles. The number of terminal acetylenes is 1. The van der Waals surface area contributed by atoms with Gasteiger partial charge in [0.25, 0.3) is 5.91 Å². The number of ether oxygens (including phenoxy) is 3. The molecule has 9 nitrogen and oxygen atoms in total. The van der Waals surface area contributed by atoms with Gasteiger partial charge in [-0.05, 0) is 64.7 Å². The summed E-state index contributed by atoms with van der Waals surface area (Å²) in [5, 5.41) is 3.12. The van der Waals surface area contributed by atoms with Crippen molar-refractivity contribution in [1.29, 1.82) is 0 Å². The zero-order valence-electron chi connectivity index (χ0n) is 22.9. The zero-order chi connectivity index (χ0) is 27.3. The number of nitrogens with zero attached hydrogens (tertiary/aromatic N) is 2. The number of carbonyl (C=O) groups is 2. The minimum absolute atomic E-state index is 0.0980. The third-order valence-corrected chi connectivity index (χ3v) is 6.08. The van der Waals surface area contributed by atoms with E-state index in [0.29, 0.717) is 49.7 Å². The monoisotopic (exact) mass is 516 g/mol. The van der Waals surface area contributed by atoms with Crippen molar-refractivity contribution in [2.24, 2.45) is 0 Å². The highest BCUT2D eigenvalue weighted by Crippen LogP contribution is 2.22. The van der Waals surface area contributed by atoms with Crippen LogP contribution in [0.4, 0.5) is 10.5 Å². The van der Waals surface area contributed by atoms with Crippen molar-refractivity contribution in [2.45, 2.75) is 64.5 Å². The molecule has 1 aliphatic rings. The summed E-state index contributed by atoms with van der Waals surface area (Å²) in [5.74, 6) is 2.97. The average Bonchev–Trinajstić information content (AvgIpc) is 2.85. The maximum absolute atomic E-state index is 12.8. The van der Waals surface area contributed by atoms with E-state index in [1.807, 2.05) is 20.8 Å². The van der Waals surface area contributed by atoms with Crippen molar-refractivity contribution in [1.82, 2.24) is 15.1 Å². The van der Waals surface area contributed by atoms with Crippen LogP contribution in [-0.4, -0.2) is 86.5 Å². The number of benzene rings is 1. The Morgan fingerprint density at radius 1 is 1.19 bits per heavy atom. The molecule has 0 atom stereocenters. The fraction of sp³-hybridized carbons (Fsp3) is 0.643. The van der Waals surface area contributed by atoms with Gasteiger partial charge < -0.3 is 35.1 Å². The van der Waals surface area contributed by atoms with Crippen molar-refractivity contribution < 1.29 is 23.8 Å². The lowest BCUT2D eigenvalue weighted by Crippen LogP contribution is -2.47. The molecule has 37 heavy (non-hydrogen) atoms. The molecule has 2 amide bonds. The predicted octanol–water partition coefficient (Wildman–Crippen LogP) is 3.53. The molecular weight excluding hydrogens is 472 g/mol. The number of nitrogens with one attached hydrogen (secondary N) is 1. The number of nitrogens with two attached hydrogens (primary N) is 1. The molecule has 0 bridgehead atoms. The summed E-state index contributed by atoms with van der Waals surface area (Å²) >= 11 is 0. The second-order valence-electron chi connectivity index (χ2n) is 10.3. The van der Waals surface area contributed by atoms with Crippen LogP contribution in [0, 0.1) is 12.3 Å². The zero-order valence-corrected chi connectivity index (χ0v) is 22.9. The number of piperidine rings is 1. The van der Waals surface area contributed by atoms with Gasteiger partial charge in [-0.1, -0.05) is 0 Å². The molecule has 2 rings (SSSR count). The third kappa shape index (κ3) is 11.3. The van der Waals surface area contributed by atoms with E-state index >= 15 is 0 Å². The normalized spacial score (nSPS) is 14.6.